The van der Waals surface area contributed by atoms with Gasteiger partial charge < -0.3 is 5.11 Å². The van der Waals surface area contributed by atoms with Gasteiger partial charge >= 0.3 is 0 Å². The monoisotopic (exact) mass is 240 g/mol. The largest absolute Gasteiger partial charge is 0.386 e. The molecule has 2 rings (SSSR count). The third-order valence-corrected chi connectivity index (χ3v) is 5.96. The molecule has 1 heterocycles. The number of rotatable bonds is 2. The van der Waals surface area contributed by atoms with Gasteiger partial charge in [-0.2, -0.15) is 0 Å². The van der Waals surface area contributed by atoms with E-state index in [1.165, 1.54) is 6.42 Å². The van der Waals surface area contributed by atoms with Gasteiger partial charge in [-0.15, -0.1) is 23.5 Å². The molecule has 0 bridgehead atoms. The Hall–Kier alpha value is -0.120. The maximum atomic E-state index is 10.4. The van der Waals surface area contributed by atoms with Crippen LogP contribution in [0, 0.1) is 0 Å². The first-order chi connectivity index (χ1) is 7.22. The van der Waals surface area contributed by atoms with Crippen molar-refractivity contribution in [3.63, 3.8) is 0 Å². The molecule has 1 N–H and O–H groups in total. The molecular formula is C12H16OS2. The van der Waals surface area contributed by atoms with Crippen molar-refractivity contribution in [3.8, 4) is 0 Å². The summed E-state index contributed by atoms with van der Waals surface area (Å²) in [7, 11) is 0. The molecule has 1 unspecified atom stereocenters. The highest BCUT2D eigenvalue weighted by atomic mass is 32.2. The van der Waals surface area contributed by atoms with E-state index >= 15 is 0 Å². The van der Waals surface area contributed by atoms with Gasteiger partial charge in [-0.05, 0) is 30.4 Å². The molecule has 1 aromatic rings. The number of benzene rings is 1. The lowest BCUT2D eigenvalue weighted by atomic mass is 10.1. The number of aliphatic hydroxyl groups excluding tert-OH is 1. The summed E-state index contributed by atoms with van der Waals surface area (Å²) in [6.45, 7) is 2.15. The van der Waals surface area contributed by atoms with Crippen LogP contribution in [0.2, 0.25) is 0 Å². The molecule has 0 spiro atoms. The summed E-state index contributed by atoms with van der Waals surface area (Å²) < 4.78 is -0.0698. The van der Waals surface area contributed by atoms with Crippen molar-refractivity contribution in [2.24, 2.45) is 0 Å². The second kappa shape index (κ2) is 4.81. The molecule has 1 aromatic carbocycles. The predicted molar refractivity (Wildman–Crippen MR) is 69.3 cm³/mol. The number of thioether (sulfide) groups is 2. The summed E-state index contributed by atoms with van der Waals surface area (Å²) in [5, 5.41) is 10.4. The first-order valence-electron chi connectivity index (χ1n) is 5.23. The van der Waals surface area contributed by atoms with E-state index in [1.54, 1.807) is 0 Å². The summed E-state index contributed by atoms with van der Waals surface area (Å²) in [6, 6.07) is 9.97. The molecule has 1 aliphatic rings. The molecule has 1 fully saturated rings. The predicted octanol–water partition coefficient (Wildman–Crippen LogP) is 3.31. The number of hydrogen-bond donors (Lipinski definition) is 1. The molecule has 0 saturated carbocycles. The van der Waals surface area contributed by atoms with Crippen LogP contribution in [0.25, 0.3) is 0 Å². The Kier molecular flexibility index (Phi) is 3.65. The van der Waals surface area contributed by atoms with Gasteiger partial charge in [-0.1, -0.05) is 30.3 Å². The van der Waals surface area contributed by atoms with Crippen LogP contribution in [0.4, 0.5) is 0 Å². The standard InChI is InChI=1S/C12H16OS2/c1-12(14-8-5-9-15-12)11(13)10-6-3-2-4-7-10/h2-4,6-7,11,13H,5,8-9H2,1H3. The van der Waals surface area contributed by atoms with E-state index in [0.717, 1.165) is 17.1 Å². The quantitative estimate of drug-likeness (QED) is 0.856. The van der Waals surface area contributed by atoms with E-state index in [2.05, 4.69) is 6.92 Å². The zero-order chi connectivity index (χ0) is 10.7. The molecule has 1 atom stereocenters. The van der Waals surface area contributed by atoms with Gasteiger partial charge in [0.2, 0.25) is 0 Å². The Morgan fingerprint density at radius 3 is 2.40 bits per heavy atom. The van der Waals surface area contributed by atoms with Crippen molar-refractivity contribution in [3.05, 3.63) is 35.9 Å². The molecular weight excluding hydrogens is 224 g/mol. The van der Waals surface area contributed by atoms with Crippen LogP contribution >= 0.6 is 23.5 Å². The number of aliphatic hydroxyl groups is 1. The van der Waals surface area contributed by atoms with E-state index in [1.807, 2.05) is 53.9 Å². The molecule has 0 amide bonds. The van der Waals surface area contributed by atoms with E-state index in [0.29, 0.717) is 0 Å². The van der Waals surface area contributed by atoms with Gasteiger partial charge in [0.1, 0.15) is 6.10 Å². The maximum absolute atomic E-state index is 10.4. The van der Waals surface area contributed by atoms with Crippen molar-refractivity contribution in [1.29, 1.82) is 0 Å². The van der Waals surface area contributed by atoms with E-state index in [9.17, 15) is 5.11 Å². The second-order valence-corrected chi connectivity index (χ2v) is 7.23. The Bertz CT molecular complexity index is 307. The minimum atomic E-state index is -0.367. The summed E-state index contributed by atoms with van der Waals surface area (Å²) >= 11 is 3.76. The summed E-state index contributed by atoms with van der Waals surface area (Å²) in [4.78, 5) is 0. The van der Waals surface area contributed by atoms with Crippen molar-refractivity contribution in [2.75, 3.05) is 11.5 Å². The van der Waals surface area contributed by atoms with Crippen molar-refractivity contribution >= 4 is 23.5 Å². The summed E-state index contributed by atoms with van der Waals surface area (Å²) in [5.41, 5.74) is 1.03. The highest BCUT2D eigenvalue weighted by Gasteiger charge is 2.36. The van der Waals surface area contributed by atoms with Crippen LogP contribution in [0.5, 0.6) is 0 Å². The lowest BCUT2D eigenvalue weighted by Crippen LogP contribution is -2.29. The molecule has 1 saturated heterocycles. The van der Waals surface area contributed by atoms with Crippen LogP contribution in [-0.4, -0.2) is 20.7 Å². The molecule has 82 valence electrons. The minimum Gasteiger partial charge on any atom is -0.386 e. The summed E-state index contributed by atoms with van der Waals surface area (Å²) in [6.07, 6.45) is 0.890. The van der Waals surface area contributed by atoms with Gasteiger partial charge in [-0.25, -0.2) is 0 Å². The average molecular weight is 240 g/mol. The maximum Gasteiger partial charge on any atom is 0.102 e. The lowest BCUT2D eigenvalue weighted by Gasteiger charge is -2.36. The molecule has 0 radical (unpaired) electrons. The van der Waals surface area contributed by atoms with E-state index < -0.39 is 0 Å². The summed E-state index contributed by atoms with van der Waals surface area (Å²) in [5.74, 6) is 2.32. The molecule has 0 aromatic heterocycles. The van der Waals surface area contributed by atoms with Crippen molar-refractivity contribution in [2.45, 2.75) is 23.5 Å². The normalized spacial score (nSPS) is 22.3. The second-order valence-electron chi connectivity index (χ2n) is 3.88. The first kappa shape index (κ1) is 11.4. The molecule has 1 aliphatic heterocycles. The fraction of sp³-hybridized carbons (Fsp3) is 0.500. The molecule has 3 heteroatoms. The smallest absolute Gasteiger partial charge is 0.102 e. The highest BCUT2D eigenvalue weighted by Crippen LogP contribution is 2.49. The van der Waals surface area contributed by atoms with Crippen LogP contribution in [0.15, 0.2) is 30.3 Å². The topological polar surface area (TPSA) is 20.2 Å². The zero-order valence-electron chi connectivity index (χ0n) is 8.85. The first-order valence-corrected chi connectivity index (χ1v) is 7.20. The van der Waals surface area contributed by atoms with Crippen LogP contribution in [-0.2, 0) is 0 Å². The van der Waals surface area contributed by atoms with E-state index in [-0.39, 0.29) is 10.2 Å². The fourth-order valence-electron chi connectivity index (χ4n) is 1.75. The van der Waals surface area contributed by atoms with E-state index in [4.69, 9.17) is 0 Å². The van der Waals surface area contributed by atoms with Gasteiger partial charge in [-0.3, -0.25) is 0 Å². The molecule has 15 heavy (non-hydrogen) atoms. The number of hydrogen-bond acceptors (Lipinski definition) is 3. The Morgan fingerprint density at radius 1 is 1.20 bits per heavy atom. The third kappa shape index (κ3) is 2.52. The lowest BCUT2D eigenvalue weighted by molar-refractivity contribution is 0.169. The highest BCUT2D eigenvalue weighted by molar-refractivity contribution is 8.18. The van der Waals surface area contributed by atoms with Crippen molar-refractivity contribution in [1.82, 2.24) is 0 Å². The van der Waals surface area contributed by atoms with Gasteiger partial charge in [0.25, 0.3) is 0 Å². The molecule has 1 nitrogen and oxygen atoms in total. The molecule has 0 aliphatic carbocycles. The zero-order valence-corrected chi connectivity index (χ0v) is 10.5. The Balaban J connectivity index is 2.16. The average Bonchev–Trinajstić information content (AvgIpc) is 2.30. The SMILES string of the molecule is CC1(C(O)c2ccccc2)SCCCS1. The van der Waals surface area contributed by atoms with Crippen LogP contribution in [0.3, 0.4) is 0 Å². The van der Waals surface area contributed by atoms with Crippen molar-refractivity contribution < 1.29 is 5.11 Å². The fourth-order valence-corrected chi connectivity index (χ4v) is 4.74. The minimum absolute atomic E-state index is 0.0698. The Labute approximate surface area is 99.7 Å². The van der Waals surface area contributed by atoms with Gasteiger partial charge in [0.15, 0.2) is 0 Å². The Morgan fingerprint density at radius 2 is 1.80 bits per heavy atom. The third-order valence-electron chi connectivity index (χ3n) is 2.68. The van der Waals surface area contributed by atoms with Crippen LogP contribution < -0.4 is 0 Å². The van der Waals surface area contributed by atoms with Crippen LogP contribution in [0.1, 0.15) is 25.0 Å². The van der Waals surface area contributed by atoms with Gasteiger partial charge in [0, 0.05) is 0 Å². The van der Waals surface area contributed by atoms with Gasteiger partial charge in [0.05, 0.1) is 4.08 Å².